The van der Waals surface area contributed by atoms with Crippen LogP contribution in [0.4, 0.5) is 10.1 Å². The van der Waals surface area contributed by atoms with Crippen LogP contribution in [0.5, 0.6) is 0 Å². The Bertz CT molecular complexity index is 407. The first-order valence-electron chi connectivity index (χ1n) is 6.77. The van der Waals surface area contributed by atoms with Gasteiger partial charge in [-0.15, -0.1) is 0 Å². The van der Waals surface area contributed by atoms with Crippen LogP contribution in [-0.2, 0) is 0 Å². The second-order valence-electron chi connectivity index (χ2n) is 5.84. The first-order chi connectivity index (χ1) is 8.47. The molecule has 1 heterocycles. The average Bonchev–Trinajstić information content (AvgIpc) is 2.27. The van der Waals surface area contributed by atoms with E-state index in [1.165, 1.54) is 12.5 Å². The molecule has 2 N–H and O–H groups in total. The van der Waals surface area contributed by atoms with Gasteiger partial charge in [-0.1, -0.05) is 13.8 Å². The van der Waals surface area contributed by atoms with Crippen LogP contribution in [0, 0.1) is 17.7 Å². The second-order valence-corrected chi connectivity index (χ2v) is 5.84. The minimum atomic E-state index is -0.204. The summed E-state index contributed by atoms with van der Waals surface area (Å²) in [6.07, 6.45) is 1.27. The molecule has 0 saturated carbocycles. The number of piperidine rings is 1. The Morgan fingerprint density at radius 1 is 1.28 bits per heavy atom. The molecule has 0 spiro atoms. The van der Waals surface area contributed by atoms with E-state index in [-0.39, 0.29) is 11.9 Å². The summed E-state index contributed by atoms with van der Waals surface area (Å²) in [5.41, 5.74) is 7.98. The third-order valence-electron chi connectivity index (χ3n) is 3.69. The SMILES string of the molecule is CC1CC(C)CN(c2ccc(F)cc2C(C)N)C1. The highest BCUT2D eigenvalue weighted by atomic mass is 19.1. The van der Waals surface area contributed by atoms with Crippen LogP contribution in [-0.4, -0.2) is 13.1 Å². The number of nitrogens with two attached hydrogens (primary N) is 1. The van der Waals surface area contributed by atoms with Crippen molar-refractivity contribution in [1.29, 1.82) is 0 Å². The summed E-state index contributed by atoms with van der Waals surface area (Å²) in [5.74, 6) is 1.16. The Balaban J connectivity index is 2.32. The van der Waals surface area contributed by atoms with Gasteiger partial charge in [0, 0.05) is 24.8 Å². The minimum absolute atomic E-state index is 0.136. The highest BCUT2D eigenvalue weighted by molar-refractivity contribution is 5.55. The third-order valence-corrected chi connectivity index (χ3v) is 3.69. The predicted octanol–water partition coefficient (Wildman–Crippen LogP) is 3.33. The van der Waals surface area contributed by atoms with Gasteiger partial charge in [0.2, 0.25) is 0 Å². The quantitative estimate of drug-likeness (QED) is 0.872. The summed E-state index contributed by atoms with van der Waals surface area (Å²) in [6.45, 7) is 8.54. The highest BCUT2D eigenvalue weighted by Gasteiger charge is 2.24. The van der Waals surface area contributed by atoms with Crippen molar-refractivity contribution < 1.29 is 4.39 Å². The number of anilines is 1. The van der Waals surface area contributed by atoms with Crippen LogP contribution in [0.1, 0.15) is 38.8 Å². The minimum Gasteiger partial charge on any atom is -0.371 e. The van der Waals surface area contributed by atoms with E-state index >= 15 is 0 Å². The molecule has 1 fully saturated rings. The Kier molecular flexibility index (Phi) is 3.91. The first kappa shape index (κ1) is 13.3. The molecule has 3 unspecified atom stereocenters. The lowest BCUT2D eigenvalue weighted by Crippen LogP contribution is -2.39. The van der Waals surface area contributed by atoms with Crippen molar-refractivity contribution in [3.8, 4) is 0 Å². The fraction of sp³-hybridized carbons (Fsp3) is 0.600. The Labute approximate surface area is 109 Å². The molecule has 0 aliphatic carbocycles. The maximum absolute atomic E-state index is 13.4. The zero-order valence-electron chi connectivity index (χ0n) is 11.5. The van der Waals surface area contributed by atoms with Gasteiger partial charge in [0.1, 0.15) is 5.82 Å². The molecule has 3 atom stereocenters. The Hall–Kier alpha value is -1.09. The van der Waals surface area contributed by atoms with Crippen molar-refractivity contribution in [3.63, 3.8) is 0 Å². The molecule has 0 radical (unpaired) electrons. The zero-order valence-corrected chi connectivity index (χ0v) is 11.5. The average molecular weight is 250 g/mol. The molecule has 100 valence electrons. The van der Waals surface area contributed by atoms with Gasteiger partial charge in [-0.05, 0) is 48.9 Å². The number of benzene rings is 1. The monoisotopic (exact) mass is 250 g/mol. The third kappa shape index (κ3) is 2.83. The van der Waals surface area contributed by atoms with Gasteiger partial charge in [0.05, 0.1) is 0 Å². The Morgan fingerprint density at radius 2 is 1.89 bits per heavy atom. The molecule has 1 aromatic rings. The molecule has 1 aliphatic rings. The van der Waals surface area contributed by atoms with E-state index in [1.807, 2.05) is 13.0 Å². The number of rotatable bonds is 2. The predicted molar refractivity (Wildman–Crippen MR) is 74.2 cm³/mol. The van der Waals surface area contributed by atoms with E-state index in [4.69, 9.17) is 5.73 Å². The van der Waals surface area contributed by atoms with E-state index in [0.29, 0.717) is 11.8 Å². The Morgan fingerprint density at radius 3 is 2.44 bits per heavy atom. The lowest BCUT2D eigenvalue weighted by atomic mass is 9.90. The first-order valence-corrected chi connectivity index (χ1v) is 6.77. The molecule has 3 heteroatoms. The molecule has 2 nitrogen and oxygen atoms in total. The lowest BCUT2D eigenvalue weighted by Gasteiger charge is -2.38. The van der Waals surface area contributed by atoms with Crippen molar-refractivity contribution in [1.82, 2.24) is 0 Å². The number of halogens is 1. The standard InChI is InChI=1S/C15H23FN2/c1-10-6-11(2)9-18(8-10)15-5-4-13(16)7-14(15)12(3)17/h4-5,7,10-12H,6,8-9,17H2,1-3H3. The van der Waals surface area contributed by atoms with E-state index in [1.54, 1.807) is 6.07 Å². The van der Waals surface area contributed by atoms with E-state index in [0.717, 1.165) is 24.3 Å². The van der Waals surface area contributed by atoms with E-state index in [9.17, 15) is 4.39 Å². The molecule has 0 bridgehead atoms. The fourth-order valence-electron chi connectivity index (χ4n) is 3.04. The van der Waals surface area contributed by atoms with Crippen molar-refractivity contribution in [2.45, 2.75) is 33.2 Å². The van der Waals surface area contributed by atoms with Crippen LogP contribution in [0.3, 0.4) is 0 Å². The maximum Gasteiger partial charge on any atom is 0.123 e. The number of hydrogen-bond donors (Lipinski definition) is 1. The van der Waals surface area contributed by atoms with Gasteiger partial charge in [-0.2, -0.15) is 0 Å². The van der Waals surface area contributed by atoms with Gasteiger partial charge in [0.25, 0.3) is 0 Å². The largest absolute Gasteiger partial charge is 0.371 e. The number of hydrogen-bond acceptors (Lipinski definition) is 2. The van der Waals surface area contributed by atoms with Crippen LogP contribution < -0.4 is 10.6 Å². The van der Waals surface area contributed by atoms with Crippen LogP contribution >= 0.6 is 0 Å². The normalized spacial score (nSPS) is 26.2. The van der Waals surface area contributed by atoms with Crippen LogP contribution in [0.15, 0.2) is 18.2 Å². The molecular formula is C15H23FN2. The van der Waals surface area contributed by atoms with Gasteiger partial charge in [-0.3, -0.25) is 0 Å². The fourth-order valence-corrected chi connectivity index (χ4v) is 3.04. The summed E-state index contributed by atoms with van der Waals surface area (Å²) < 4.78 is 13.4. The lowest BCUT2D eigenvalue weighted by molar-refractivity contribution is 0.356. The summed E-state index contributed by atoms with van der Waals surface area (Å²) in [5, 5.41) is 0. The summed E-state index contributed by atoms with van der Waals surface area (Å²) >= 11 is 0. The zero-order chi connectivity index (χ0) is 13.3. The molecule has 1 aliphatic heterocycles. The van der Waals surface area contributed by atoms with Crippen LogP contribution in [0.2, 0.25) is 0 Å². The molecule has 0 amide bonds. The molecule has 1 aromatic carbocycles. The molecule has 18 heavy (non-hydrogen) atoms. The van der Waals surface area contributed by atoms with E-state index in [2.05, 4.69) is 18.7 Å². The van der Waals surface area contributed by atoms with Gasteiger partial charge < -0.3 is 10.6 Å². The van der Waals surface area contributed by atoms with Gasteiger partial charge in [-0.25, -0.2) is 4.39 Å². The van der Waals surface area contributed by atoms with Crippen molar-refractivity contribution in [2.24, 2.45) is 17.6 Å². The number of nitrogens with zero attached hydrogens (tertiary/aromatic N) is 1. The molecular weight excluding hydrogens is 227 g/mol. The molecule has 0 aromatic heterocycles. The van der Waals surface area contributed by atoms with Gasteiger partial charge in [0.15, 0.2) is 0 Å². The van der Waals surface area contributed by atoms with Crippen molar-refractivity contribution >= 4 is 5.69 Å². The van der Waals surface area contributed by atoms with Crippen molar-refractivity contribution in [3.05, 3.63) is 29.6 Å². The maximum atomic E-state index is 13.4. The van der Waals surface area contributed by atoms with Crippen molar-refractivity contribution in [2.75, 3.05) is 18.0 Å². The molecule has 1 saturated heterocycles. The summed E-state index contributed by atoms with van der Waals surface area (Å²) in [4.78, 5) is 2.36. The smallest absolute Gasteiger partial charge is 0.123 e. The van der Waals surface area contributed by atoms with Gasteiger partial charge >= 0.3 is 0 Å². The van der Waals surface area contributed by atoms with E-state index < -0.39 is 0 Å². The summed E-state index contributed by atoms with van der Waals surface area (Å²) in [6, 6.07) is 4.84. The van der Waals surface area contributed by atoms with Crippen LogP contribution in [0.25, 0.3) is 0 Å². The molecule has 2 rings (SSSR count). The summed E-state index contributed by atoms with van der Waals surface area (Å²) in [7, 11) is 0. The highest BCUT2D eigenvalue weighted by Crippen LogP contribution is 2.31. The topological polar surface area (TPSA) is 29.3 Å². The second kappa shape index (κ2) is 5.27.